The highest BCUT2D eigenvalue weighted by molar-refractivity contribution is 7.08. The fourth-order valence-electron chi connectivity index (χ4n) is 3.52. The lowest BCUT2D eigenvalue weighted by Crippen LogP contribution is -2.40. The van der Waals surface area contributed by atoms with Crippen molar-refractivity contribution in [2.45, 2.75) is 33.1 Å². The third-order valence-electron chi connectivity index (χ3n) is 4.79. The molecule has 0 bridgehead atoms. The van der Waals surface area contributed by atoms with Crippen LogP contribution in [0.25, 0.3) is 11.4 Å². The van der Waals surface area contributed by atoms with Crippen molar-refractivity contribution < 1.29 is 13.7 Å². The van der Waals surface area contributed by atoms with E-state index < -0.39 is 0 Å². The number of aryl methyl sites for hydroxylation is 2. The molecule has 26 heavy (non-hydrogen) atoms. The maximum atomic E-state index is 12.8. The number of nitrogens with zero attached hydrogens (tertiary/aromatic N) is 3. The third-order valence-corrected chi connectivity index (χ3v) is 5.47. The van der Waals surface area contributed by atoms with Crippen LogP contribution in [0.2, 0.25) is 0 Å². The Balaban J connectivity index is 1.42. The molecule has 3 aromatic heterocycles. The maximum absolute atomic E-state index is 12.8. The highest BCUT2D eigenvalue weighted by Crippen LogP contribution is 2.25. The Morgan fingerprint density at radius 1 is 1.42 bits per heavy atom. The first kappa shape index (κ1) is 17.0. The van der Waals surface area contributed by atoms with Gasteiger partial charge < -0.3 is 13.8 Å². The van der Waals surface area contributed by atoms with Crippen LogP contribution in [-0.4, -0.2) is 34.0 Å². The van der Waals surface area contributed by atoms with Crippen LogP contribution in [0.3, 0.4) is 0 Å². The number of hydrogen-bond donors (Lipinski definition) is 0. The first-order valence-corrected chi connectivity index (χ1v) is 9.76. The molecule has 0 unspecified atom stereocenters. The largest absolute Gasteiger partial charge is 0.466 e. The van der Waals surface area contributed by atoms with E-state index in [9.17, 15) is 4.79 Å². The molecule has 0 spiro atoms. The summed E-state index contributed by atoms with van der Waals surface area (Å²) in [6.07, 6.45) is 2.74. The molecule has 1 fully saturated rings. The number of amides is 1. The fourth-order valence-corrected chi connectivity index (χ4v) is 4.16. The summed E-state index contributed by atoms with van der Waals surface area (Å²) in [6.45, 7) is 5.19. The molecular weight excluding hydrogens is 350 g/mol. The van der Waals surface area contributed by atoms with Crippen LogP contribution < -0.4 is 0 Å². The molecule has 0 aromatic carbocycles. The van der Waals surface area contributed by atoms with Gasteiger partial charge in [-0.3, -0.25) is 4.79 Å². The van der Waals surface area contributed by atoms with Crippen LogP contribution in [-0.2, 0) is 6.42 Å². The van der Waals surface area contributed by atoms with Crippen molar-refractivity contribution in [3.8, 4) is 11.4 Å². The van der Waals surface area contributed by atoms with E-state index in [1.807, 2.05) is 41.6 Å². The minimum atomic E-state index is 0.0496. The molecule has 3 aromatic rings. The Kier molecular flexibility index (Phi) is 4.63. The highest BCUT2D eigenvalue weighted by Gasteiger charge is 2.28. The zero-order valence-corrected chi connectivity index (χ0v) is 15.7. The van der Waals surface area contributed by atoms with Gasteiger partial charge in [0.2, 0.25) is 11.7 Å². The van der Waals surface area contributed by atoms with E-state index in [2.05, 4.69) is 10.1 Å². The minimum Gasteiger partial charge on any atom is -0.466 e. The summed E-state index contributed by atoms with van der Waals surface area (Å²) in [4.78, 5) is 19.2. The Labute approximate surface area is 155 Å². The predicted molar refractivity (Wildman–Crippen MR) is 98.1 cm³/mol. The zero-order chi connectivity index (χ0) is 18.1. The lowest BCUT2D eigenvalue weighted by atomic mass is 9.94. The van der Waals surface area contributed by atoms with Crippen LogP contribution in [0, 0.1) is 19.8 Å². The molecule has 4 heterocycles. The minimum absolute atomic E-state index is 0.0496. The van der Waals surface area contributed by atoms with Crippen molar-refractivity contribution in [3.05, 3.63) is 45.9 Å². The van der Waals surface area contributed by atoms with Crippen molar-refractivity contribution in [1.82, 2.24) is 15.0 Å². The van der Waals surface area contributed by atoms with Gasteiger partial charge >= 0.3 is 0 Å². The van der Waals surface area contributed by atoms with Gasteiger partial charge in [0.1, 0.15) is 11.5 Å². The highest BCUT2D eigenvalue weighted by atomic mass is 32.1. The first-order chi connectivity index (χ1) is 12.6. The van der Waals surface area contributed by atoms with E-state index >= 15 is 0 Å². The van der Waals surface area contributed by atoms with Crippen LogP contribution in [0.1, 0.15) is 40.6 Å². The molecule has 1 aliphatic rings. The topological polar surface area (TPSA) is 72.4 Å². The molecule has 7 heteroatoms. The number of furan rings is 1. The van der Waals surface area contributed by atoms with Crippen LogP contribution in [0.15, 0.2) is 31.8 Å². The van der Waals surface area contributed by atoms with Crippen molar-refractivity contribution >= 4 is 17.2 Å². The van der Waals surface area contributed by atoms with E-state index in [-0.39, 0.29) is 5.91 Å². The van der Waals surface area contributed by atoms with E-state index in [1.165, 1.54) is 0 Å². The number of carbonyl (C=O) groups excluding carboxylic acids is 1. The molecule has 1 saturated heterocycles. The maximum Gasteiger partial charge on any atom is 0.257 e. The number of carbonyl (C=O) groups is 1. The van der Waals surface area contributed by atoms with Crippen LogP contribution in [0.5, 0.6) is 0 Å². The summed E-state index contributed by atoms with van der Waals surface area (Å²) < 4.78 is 10.9. The molecule has 0 saturated carbocycles. The second-order valence-corrected chi connectivity index (χ2v) is 7.59. The van der Waals surface area contributed by atoms with Gasteiger partial charge in [0.15, 0.2) is 0 Å². The smallest absolute Gasteiger partial charge is 0.257 e. The molecule has 0 aliphatic carbocycles. The summed E-state index contributed by atoms with van der Waals surface area (Å²) in [5, 5.41) is 8.07. The van der Waals surface area contributed by atoms with E-state index in [0.29, 0.717) is 41.9 Å². The van der Waals surface area contributed by atoms with E-state index in [0.717, 1.165) is 30.7 Å². The lowest BCUT2D eigenvalue weighted by Gasteiger charge is -2.32. The van der Waals surface area contributed by atoms with Gasteiger partial charge in [-0.1, -0.05) is 5.16 Å². The van der Waals surface area contributed by atoms with Crippen molar-refractivity contribution in [3.63, 3.8) is 0 Å². The number of likely N-dealkylation sites (tertiary alicyclic amines) is 1. The zero-order valence-electron chi connectivity index (χ0n) is 14.9. The van der Waals surface area contributed by atoms with Gasteiger partial charge in [-0.25, -0.2) is 0 Å². The molecule has 136 valence electrons. The average Bonchev–Trinajstić information content (AvgIpc) is 3.35. The Morgan fingerprint density at radius 3 is 3.04 bits per heavy atom. The molecule has 1 atom stereocenters. The van der Waals surface area contributed by atoms with Gasteiger partial charge in [0.25, 0.3) is 5.91 Å². The number of aromatic nitrogens is 2. The number of piperidine rings is 1. The summed E-state index contributed by atoms with van der Waals surface area (Å²) >= 11 is 1.61. The molecule has 1 amide bonds. The average molecular weight is 371 g/mol. The number of rotatable bonds is 4. The van der Waals surface area contributed by atoms with Crippen molar-refractivity contribution in [1.29, 1.82) is 0 Å². The SMILES string of the molecule is Cc1cc(C(=O)N2CCC[C@@H](Cc3nc(-c4ccsc4)no3)C2)c(C)o1. The Hall–Kier alpha value is -2.41. The summed E-state index contributed by atoms with van der Waals surface area (Å²) in [5.74, 6) is 3.11. The number of thiophene rings is 1. The Morgan fingerprint density at radius 2 is 2.31 bits per heavy atom. The van der Waals surface area contributed by atoms with E-state index in [4.69, 9.17) is 8.94 Å². The first-order valence-electron chi connectivity index (χ1n) is 8.81. The molecule has 0 radical (unpaired) electrons. The predicted octanol–water partition coefficient (Wildman–Crippen LogP) is 4.10. The normalized spacial score (nSPS) is 17.6. The van der Waals surface area contributed by atoms with Gasteiger partial charge in [-0.2, -0.15) is 16.3 Å². The van der Waals surface area contributed by atoms with E-state index in [1.54, 1.807) is 11.3 Å². The second kappa shape index (κ2) is 7.07. The van der Waals surface area contributed by atoms with Crippen molar-refractivity contribution in [2.24, 2.45) is 5.92 Å². The summed E-state index contributed by atoms with van der Waals surface area (Å²) in [6, 6.07) is 3.81. The molecule has 0 N–H and O–H groups in total. The molecular formula is C19H21N3O3S. The van der Waals surface area contributed by atoms with Gasteiger partial charge in [-0.15, -0.1) is 0 Å². The monoisotopic (exact) mass is 371 g/mol. The molecule has 1 aliphatic heterocycles. The van der Waals surface area contributed by atoms with Gasteiger partial charge in [0.05, 0.1) is 5.56 Å². The summed E-state index contributed by atoms with van der Waals surface area (Å²) in [5.41, 5.74) is 1.65. The Bertz CT molecular complexity index is 897. The second-order valence-electron chi connectivity index (χ2n) is 6.81. The molecule has 6 nitrogen and oxygen atoms in total. The van der Waals surface area contributed by atoms with Crippen LogP contribution >= 0.6 is 11.3 Å². The summed E-state index contributed by atoms with van der Waals surface area (Å²) in [7, 11) is 0. The van der Waals surface area contributed by atoms with Crippen LogP contribution in [0.4, 0.5) is 0 Å². The van der Waals surface area contributed by atoms with Gasteiger partial charge in [0, 0.05) is 30.5 Å². The fraction of sp³-hybridized carbons (Fsp3) is 0.421. The number of hydrogen-bond acceptors (Lipinski definition) is 6. The standard InChI is InChI=1S/C19H21N3O3S/c1-12-8-16(13(2)24-12)19(23)22-6-3-4-14(10-22)9-17-20-18(21-25-17)15-5-7-26-11-15/h5,7-8,11,14H,3-4,6,9-10H2,1-2H3/t14-/m0/s1. The lowest BCUT2D eigenvalue weighted by molar-refractivity contribution is 0.0666. The third kappa shape index (κ3) is 3.44. The van der Waals surface area contributed by atoms with Gasteiger partial charge in [-0.05, 0) is 50.1 Å². The quantitative estimate of drug-likeness (QED) is 0.690. The van der Waals surface area contributed by atoms with Crippen molar-refractivity contribution in [2.75, 3.05) is 13.1 Å². The molecule has 4 rings (SSSR count).